The summed E-state index contributed by atoms with van der Waals surface area (Å²) in [6.45, 7) is 2.74. The number of benzene rings is 2. The van der Waals surface area contributed by atoms with Gasteiger partial charge in [-0.05, 0) is 36.2 Å². The van der Waals surface area contributed by atoms with Gasteiger partial charge in [0, 0.05) is 24.1 Å². The van der Waals surface area contributed by atoms with Gasteiger partial charge in [-0.2, -0.15) is 0 Å². The number of hydrogen-bond acceptors (Lipinski definition) is 1. The molecular weight excluding hydrogens is 234 g/mol. The molecule has 3 rings (SSSR count). The molecule has 2 nitrogen and oxygen atoms in total. The molecule has 1 aromatic heterocycles. The minimum absolute atomic E-state index is 0.609. The fraction of sp³-hybridized carbons (Fsp3) is 0.176. The van der Waals surface area contributed by atoms with Crippen molar-refractivity contribution in [2.24, 2.45) is 7.05 Å². The van der Waals surface area contributed by atoms with E-state index >= 15 is 0 Å². The molecule has 0 fully saturated rings. The molecule has 0 amide bonds. The zero-order valence-corrected chi connectivity index (χ0v) is 11.3. The third-order valence-electron chi connectivity index (χ3n) is 3.41. The largest absolute Gasteiger partial charge is 0.489 e. The van der Waals surface area contributed by atoms with E-state index in [1.165, 1.54) is 22.0 Å². The predicted octanol–water partition coefficient (Wildman–Crippen LogP) is 4.07. The van der Waals surface area contributed by atoms with Crippen LogP contribution in [0.2, 0.25) is 0 Å². The van der Waals surface area contributed by atoms with E-state index in [0.717, 1.165) is 5.75 Å². The normalized spacial score (nSPS) is 10.8. The van der Waals surface area contributed by atoms with Crippen molar-refractivity contribution in [1.29, 1.82) is 0 Å². The van der Waals surface area contributed by atoms with Crippen molar-refractivity contribution in [2.75, 3.05) is 0 Å². The Balaban J connectivity index is 1.84. The number of aryl methyl sites for hydroxylation is 2. The van der Waals surface area contributed by atoms with Gasteiger partial charge < -0.3 is 9.30 Å². The molecule has 0 radical (unpaired) electrons. The van der Waals surface area contributed by atoms with Crippen molar-refractivity contribution >= 4 is 10.9 Å². The highest BCUT2D eigenvalue weighted by atomic mass is 16.5. The summed E-state index contributed by atoms with van der Waals surface area (Å²) in [5, 5.41) is 1.26. The summed E-state index contributed by atoms with van der Waals surface area (Å²) in [6, 6.07) is 16.5. The van der Waals surface area contributed by atoms with Gasteiger partial charge in [-0.15, -0.1) is 0 Å². The van der Waals surface area contributed by atoms with Crippen molar-refractivity contribution < 1.29 is 4.74 Å². The van der Waals surface area contributed by atoms with E-state index in [4.69, 9.17) is 4.74 Å². The van der Waals surface area contributed by atoms with Crippen LogP contribution in [-0.2, 0) is 13.7 Å². The van der Waals surface area contributed by atoms with E-state index in [-0.39, 0.29) is 0 Å². The van der Waals surface area contributed by atoms with Crippen LogP contribution in [0.3, 0.4) is 0 Å². The van der Waals surface area contributed by atoms with E-state index in [2.05, 4.69) is 49.0 Å². The molecule has 2 heteroatoms. The van der Waals surface area contributed by atoms with Gasteiger partial charge in [-0.1, -0.05) is 30.3 Å². The molecule has 2 aromatic carbocycles. The maximum atomic E-state index is 5.86. The van der Waals surface area contributed by atoms with E-state index < -0.39 is 0 Å². The lowest BCUT2D eigenvalue weighted by Gasteiger charge is -2.07. The van der Waals surface area contributed by atoms with Crippen LogP contribution in [0.5, 0.6) is 5.75 Å². The molecule has 0 N–H and O–H groups in total. The molecule has 0 bridgehead atoms. The number of rotatable bonds is 3. The zero-order chi connectivity index (χ0) is 13.2. The highest BCUT2D eigenvalue weighted by Gasteiger charge is 2.04. The number of aromatic nitrogens is 1. The van der Waals surface area contributed by atoms with Crippen molar-refractivity contribution in [1.82, 2.24) is 4.57 Å². The highest BCUT2D eigenvalue weighted by molar-refractivity contribution is 5.85. The lowest BCUT2D eigenvalue weighted by atomic mass is 10.2. The van der Waals surface area contributed by atoms with Gasteiger partial charge in [0.05, 0.1) is 0 Å². The summed E-state index contributed by atoms with van der Waals surface area (Å²) in [6.07, 6.45) is 2.14. The van der Waals surface area contributed by atoms with Gasteiger partial charge in [0.1, 0.15) is 12.4 Å². The molecule has 0 atom stereocenters. The molecule has 19 heavy (non-hydrogen) atoms. The lowest BCUT2D eigenvalue weighted by Crippen LogP contribution is -1.94. The summed E-state index contributed by atoms with van der Waals surface area (Å²) in [5.41, 5.74) is 3.71. The van der Waals surface area contributed by atoms with Crippen LogP contribution in [0.15, 0.2) is 54.7 Å². The number of fused-ring (bicyclic) bond motifs is 1. The monoisotopic (exact) mass is 251 g/mol. The molecule has 0 saturated heterocycles. The first-order chi connectivity index (χ1) is 9.24. The SMILES string of the molecule is Cc1cn(C)c2ccc(OCc3ccccc3)cc12. The maximum absolute atomic E-state index is 5.86. The standard InChI is InChI=1S/C17H17NO/c1-13-11-18(2)17-9-8-15(10-16(13)17)19-12-14-6-4-3-5-7-14/h3-11H,12H2,1-2H3. The second kappa shape index (κ2) is 4.81. The van der Waals surface area contributed by atoms with E-state index in [9.17, 15) is 0 Å². The first-order valence-corrected chi connectivity index (χ1v) is 6.46. The van der Waals surface area contributed by atoms with Crippen molar-refractivity contribution in [3.8, 4) is 5.75 Å². The second-order valence-corrected chi connectivity index (χ2v) is 4.88. The van der Waals surface area contributed by atoms with Crippen LogP contribution >= 0.6 is 0 Å². The van der Waals surface area contributed by atoms with E-state index in [1.54, 1.807) is 0 Å². The Morgan fingerprint density at radius 3 is 2.63 bits per heavy atom. The molecule has 1 heterocycles. The Hall–Kier alpha value is -2.22. The Morgan fingerprint density at radius 2 is 1.84 bits per heavy atom. The van der Waals surface area contributed by atoms with Gasteiger partial charge in [0.2, 0.25) is 0 Å². The lowest BCUT2D eigenvalue weighted by molar-refractivity contribution is 0.306. The Labute approximate surface area is 113 Å². The Morgan fingerprint density at radius 1 is 1.05 bits per heavy atom. The molecule has 0 spiro atoms. The van der Waals surface area contributed by atoms with Crippen molar-refractivity contribution in [3.05, 3.63) is 65.9 Å². The topological polar surface area (TPSA) is 14.2 Å². The van der Waals surface area contributed by atoms with E-state index in [1.807, 2.05) is 24.3 Å². The number of ether oxygens (including phenoxy) is 1. The fourth-order valence-electron chi connectivity index (χ4n) is 2.40. The number of nitrogens with zero attached hydrogens (tertiary/aromatic N) is 1. The fourth-order valence-corrected chi connectivity index (χ4v) is 2.40. The van der Waals surface area contributed by atoms with Crippen LogP contribution in [0, 0.1) is 6.92 Å². The van der Waals surface area contributed by atoms with Gasteiger partial charge in [0.15, 0.2) is 0 Å². The molecule has 0 aliphatic carbocycles. The minimum atomic E-state index is 0.609. The molecule has 0 aliphatic rings. The molecule has 0 unspecified atom stereocenters. The third-order valence-corrected chi connectivity index (χ3v) is 3.41. The van der Waals surface area contributed by atoms with Crippen LogP contribution in [-0.4, -0.2) is 4.57 Å². The van der Waals surface area contributed by atoms with E-state index in [0.29, 0.717) is 6.61 Å². The first kappa shape index (κ1) is 11.8. The van der Waals surface area contributed by atoms with Crippen LogP contribution < -0.4 is 4.74 Å². The Bertz CT molecular complexity index is 698. The summed E-state index contributed by atoms with van der Waals surface area (Å²) in [4.78, 5) is 0. The molecule has 0 aliphatic heterocycles. The molecule has 3 aromatic rings. The van der Waals surface area contributed by atoms with Gasteiger partial charge in [-0.3, -0.25) is 0 Å². The summed E-state index contributed by atoms with van der Waals surface area (Å²) < 4.78 is 8.00. The second-order valence-electron chi connectivity index (χ2n) is 4.88. The molecule has 96 valence electrons. The zero-order valence-electron chi connectivity index (χ0n) is 11.3. The van der Waals surface area contributed by atoms with Gasteiger partial charge in [0.25, 0.3) is 0 Å². The quantitative estimate of drug-likeness (QED) is 0.684. The first-order valence-electron chi connectivity index (χ1n) is 6.46. The average Bonchev–Trinajstić information content (AvgIpc) is 2.73. The summed E-state index contributed by atoms with van der Waals surface area (Å²) in [7, 11) is 2.07. The smallest absolute Gasteiger partial charge is 0.120 e. The Kier molecular flexibility index (Phi) is 3.00. The average molecular weight is 251 g/mol. The predicted molar refractivity (Wildman–Crippen MR) is 78.4 cm³/mol. The van der Waals surface area contributed by atoms with Crippen molar-refractivity contribution in [2.45, 2.75) is 13.5 Å². The van der Waals surface area contributed by atoms with Gasteiger partial charge >= 0.3 is 0 Å². The summed E-state index contributed by atoms with van der Waals surface area (Å²) in [5.74, 6) is 0.922. The molecule has 0 saturated carbocycles. The summed E-state index contributed by atoms with van der Waals surface area (Å²) >= 11 is 0. The minimum Gasteiger partial charge on any atom is -0.489 e. The number of hydrogen-bond donors (Lipinski definition) is 0. The third kappa shape index (κ3) is 2.34. The van der Waals surface area contributed by atoms with Crippen LogP contribution in [0.1, 0.15) is 11.1 Å². The van der Waals surface area contributed by atoms with Crippen LogP contribution in [0.4, 0.5) is 0 Å². The molecular formula is C17H17NO. The highest BCUT2D eigenvalue weighted by Crippen LogP contribution is 2.25. The van der Waals surface area contributed by atoms with Gasteiger partial charge in [-0.25, -0.2) is 0 Å². The van der Waals surface area contributed by atoms with Crippen molar-refractivity contribution in [3.63, 3.8) is 0 Å². The maximum Gasteiger partial charge on any atom is 0.120 e. The van der Waals surface area contributed by atoms with Crippen LogP contribution in [0.25, 0.3) is 10.9 Å².